The number of carboxylic acid groups (broad SMARTS) is 2. The average molecular weight is 533 g/mol. The van der Waals surface area contributed by atoms with E-state index in [1.807, 2.05) is 0 Å². The lowest BCUT2D eigenvalue weighted by molar-refractivity contribution is -0.143. The SMILES string of the molecule is CC(O)C(NC(=O)C(CCC(=O)O)NC(=O)C(N)CCCN=C(N)N)C(=O)NC(CCC(N)=O)C(=O)O. The Kier molecular flexibility index (Phi) is 14.8. The molecular weight excluding hydrogens is 496 g/mol. The van der Waals surface area contributed by atoms with Crippen LogP contribution < -0.4 is 38.9 Å². The number of guanidine groups is 1. The summed E-state index contributed by atoms with van der Waals surface area (Å²) in [5.41, 5.74) is 21.2. The normalized spacial score (nSPS) is 14.7. The van der Waals surface area contributed by atoms with Gasteiger partial charge in [-0.25, -0.2) is 4.79 Å². The molecule has 5 atom stereocenters. The third kappa shape index (κ3) is 14.2. The standard InChI is InChI=1S/C20H36N8O9/c1-9(29)15(18(35)27-12(19(36)37)4-6-13(22)30)28-17(34)11(5-7-14(31)32)26-16(33)10(21)3-2-8-25-20(23)24/h9-12,15,29H,2-8,21H2,1H3,(H2,22,30)(H,26,33)(H,27,35)(H,28,34)(H,31,32)(H,36,37)(H4,23,24,25). The first kappa shape index (κ1) is 33.0. The third-order valence-electron chi connectivity index (χ3n) is 4.94. The number of aliphatic hydroxyl groups excluding tert-OH is 1. The summed E-state index contributed by atoms with van der Waals surface area (Å²) in [5, 5.41) is 34.8. The maximum Gasteiger partial charge on any atom is 0.326 e. The quantitative estimate of drug-likeness (QED) is 0.0453. The van der Waals surface area contributed by atoms with Crippen molar-refractivity contribution in [3.63, 3.8) is 0 Å². The number of nitrogens with zero attached hydrogens (tertiary/aromatic N) is 1. The van der Waals surface area contributed by atoms with E-state index in [4.69, 9.17) is 28.0 Å². The maximum atomic E-state index is 12.8. The summed E-state index contributed by atoms with van der Waals surface area (Å²) in [6.45, 7) is 1.34. The third-order valence-corrected chi connectivity index (χ3v) is 4.94. The van der Waals surface area contributed by atoms with E-state index in [9.17, 15) is 39.0 Å². The van der Waals surface area contributed by atoms with Crippen LogP contribution in [0.15, 0.2) is 4.99 Å². The number of primary amides is 1. The summed E-state index contributed by atoms with van der Waals surface area (Å²) in [5.74, 6) is -6.59. The fourth-order valence-corrected chi connectivity index (χ4v) is 2.93. The Bertz CT molecular complexity index is 861. The number of nitrogens with two attached hydrogens (primary N) is 4. The van der Waals surface area contributed by atoms with Crippen molar-refractivity contribution in [2.24, 2.45) is 27.9 Å². The smallest absolute Gasteiger partial charge is 0.326 e. The zero-order chi connectivity index (χ0) is 28.7. The lowest BCUT2D eigenvalue weighted by Crippen LogP contribution is -2.59. The van der Waals surface area contributed by atoms with Gasteiger partial charge in [0.15, 0.2) is 5.96 Å². The number of rotatable bonds is 18. The predicted octanol–water partition coefficient (Wildman–Crippen LogP) is -4.58. The molecule has 0 saturated heterocycles. The number of carbonyl (C=O) groups excluding carboxylic acids is 4. The molecule has 0 saturated carbocycles. The van der Waals surface area contributed by atoms with Crippen LogP contribution in [-0.4, -0.2) is 93.7 Å². The minimum atomic E-state index is -1.68. The molecule has 0 bridgehead atoms. The van der Waals surface area contributed by atoms with E-state index in [0.29, 0.717) is 6.42 Å². The van der Waals surface area contributed by atoms with Crippen LogP contribution in [0.4, 0.5) is 0 Å². The second-order valence-electron chi connectivity index (χ2n) is 8.18. The zero-order valence-corrected chi connectivity index (χ0v) is 20.4. The van der Waals surface area contributed by atoms with Gasteiger partial charge in [0.05, 0.1) is 12.1 Å². The highest BCUT2D eigenvalue weighted by atomic mass is 16.4. The van der Waals surface area contributed by atoms with Crippen molar-refractivity contribution in [1.29, 1.82) is 0 Å². The molecule has 0 rings (SSSR count). The molecule has 0 aromatic rings. The maximum absolute atomic E-state index is 12.8. The highest BCUT2D eigenvalue weighted by molar-refractivity contribution is 5.94. The molecule has 17 heteroatoms. The molecule has 14 N–H and O–H groups in total. The van der Waals surface area contributed by atoms with Crippen molar-refractivity contribution in [3.8, 4) is 0 Å². The van der Waals surface area contributed by atoms with Gasteiger partial charge < -0.3 is 54.2 Å². The lowest BCUT2D eigenvalue weighted by atomic mass is 10.1. The monoisotopic (exact) mass is 532 g/mol. The van der Waals surface area contributed by atoms with E-state index in [1.54, 1.807) is 0 Å². The van der Waals surface area contributed by atoms with E-state index < -0.39 is 72.3 Å². The molecule has 0 spiro atoms. The number of aliphatic hydroxyl groups is 1. The number of nitrogens with one attached hydrogen (secondary N) is 3. The van der Waals surface area contributed by atoms with Crippen molar-refractivity contribution in [1.82, 2.24) is 16.0 Å². The molecule has 0 heterocycles. The van der Waals surface area contributed by atoms with Gasteiger partial charge >= 0.3 is 11.9 Å². The van der Waals surface area contributed by atoms with E-state index in [2.05, 4.69) is 20.9 Å². The Morgan fingerprint density at radius 1 is 0.811 bits per heavy atom. The Morgan fingerprint density at radius 2 is 1.38 bits per heavy atom. The number of hydrogen-bond acceptors (Lipinski definition) is 9. The molecule has 4 amide bonds. The summed E-state index contributed by atoms with van der Waals surface area (Å²) in [6.07, 6.45) is -2.65. The fourth-order valence-electron chi connectivity index (χ4n) is 2.93. The number of carbonyl (C=O) groups is 6. The van der Waals surface area contributed by atoms with Crippen molar-refractivity contribution < 1.29 is 44.1 Å². The number of aliphatic carboxylic acids is 2. The summed E-state index contributed by atoms with van der Waals surface area (Å²) in [6, 6.07) is -5.77. The highest BCUT2D eigenvalue weighted by Gasteiger charge is 2.33. The largest absolute Gasteiger partial charge is 0.481 e. The van der Waals surface area contributed by atoms with E-state index in [0.717, 1.165) is 6.92 Å². The first-order valence-corrected chi connectivity index (χ1v) is 11.3. The van der Waals surface area contributed by atoms with Crippen LogP contribution >= 0.6 is 0 Å². The lowest BCUT2D eigenvalue weighted by Gasteiger charge is -2.26. The Labute approximate surface area is 212 Å². The Hall–Kier alpha value is -3.99. The molecule has 0 aliphatic heterocycles. The summed E-state index contributed by atoms with van der Waals surface area (Å²) < 4.78 is 0. The van der Waals surface area contributed by atoms with Gasteiger partial charge in [-0.05, 0) is 32.6 Å². The van der Waals surface area contributed by atoms with Crippen molar-refractivity contribution in [2.75, 3.05) is 6.54 Å². The van der Waals surface area contributed by atoms with E-state index >= 15 is 0 Å². The molecule has 0 radical (unpaired) electrons. The fraction of sp³-hybridized carbons (Fsp3) is 0.650. The van der Waals surface area contributed by atoms with Crippen LogP contribution in [-0.2, 0) is 28.8 Å². The first-order chi connectivity index (χ1) is 17.1. The highest BCUT2D eigenvalue weighted by Crippen LogP contribution is 2.05. The number of hydrogen-bond donors (Lipinski definition) is 10. The van der Waals surface area contributed by atoms with Crippen LogP contribution in [0, 0.1) is 0 Å². The summed E-state index contributed by atoms with van der Waals surface area (Å²) in [7, 11) is 0. The second-order valence-corrected chi connectivity index (χ2v) is 8.18. The molecule has 0 fully saturated rings. The number of aliphatic imine (C=N–C) groups is 1. The van der Waals surface area contributed by atoms with Crippen LogP contribution in [0.3, 0.4) is 0 Å². The van der Waals surface area contributed by atoms with E-state index in [1.165, 1.54) is 0 Å². The van der Waals surface area contributed by atoms with Crippen LogP contribution in [0.25, 0.3) is 0 Å². The molecule has 0 aliphatic carbocycles. The summed E-state index contributed by atoms with van der Waals surface area (Å²) in [4.78, 5) is 75.0. The van der Waals surface area contributed by atoms with Gasteiger partial charge in [0.2, 0.25) is 23.6 Å². The second kappa shape index (κ2) is 16.6. The van der Waals surface area contributed by atoms with Gasteiger partial charge in [0.25, 0.3) is 0 Å². The van der Waals surface area contributed by atoms with Gasteiger partial charge in [-0.2, -0.15) is 0 Å². The van der Waals surface area contributed by atoms with Crippen LogP contribution in [0.1, 0.15) is 45.4 Å². The van der Waals surface area contributed by atoms with Crippen LogP contribution in [0.5, 0.6) is 0 Å². The van der Waals surface area contributed by atoms with E-state index in [-0.39, 0.29) is 38.2 Å². The van der Waals surface area contributed by atoms with Gasteiger partial charge in [0.1, 0.15) is 18.1 Å². The zero-order valence-electron chi connectivity index (χ0n) is 20.4. The Balaban J connectivity index is 5.42. The van der Waals surface area contributed by atoms with Crippen molar-refractivity contribution in [2.45, 2.75) is 75.7 Å². The van der Waals surface area contributed by atoms with Crippen LogP contribution in [0.2, 0.25) is 0 Å². The molecule has 17 nitrogen and oxygen atoms in total. The molecule has 0 aromatic carbocycles. The van der Waals surface area contributed by atoms with Gasteiger partial charge in [-0.3, -0.25) is 29.0 Å². The molecule has 210 valence electrons. The average Bonchev–Trinajstić information content (AvgIpc) is 2.78. The molecular formula is C20H36N8O9. The van der Waals surface area contributed by atoms with Crippen molar-refractivity contribution >= 4 is 41.5 Å². The molecule has 5 unspecified atom stereocenters. The van der Waals surface area contributed by atoms with Crippen molar-refractivity contribution in [3.05, 3.63) is 0 Å². The number of carboxylic acids is 2. The predicted molar refractivity (Wildman–Crippen MR) is 128 cm³/mol. The number of amides is 4. The topological polar surface area (TPSA) is 316 Å². The minimum absolute atomic E-state index is 0.135. The minimum Gasteiger partial charge on any atom is -0.481 e. The van der Waals surface area contributed by atoms with Gasteiger partial charge in [0, 0.05) is 19.4 Å². The Morgan fingerprint density at radius 3 is 1.86 bits per heavy atom. The molecule has 0 aromatic heterocycles. The summed E-state index contributed by atoms with van der Waals surface area (Å²) >= 11 is 0. The molecule has 0 aliphatic rings. The van der Waals surface area contributed by atoms with Gasteiger partial charge in [-0.15, -0.1) is 0 Å². The molecule has 37 heavy (non-hydrogen) atoms. The van der Waals surface area contributed by atoms with Gasteiger partial charge in [-0.1, -0.05) is 0 Å². The first-order valence-electron chi connectivity index (χ1n) is 11.3.